The molecule has 0 saturated carbocycles. The number of nitrogens with one attached hydrogen (secondary N) is 1. The average molecular weight is 355 g/mol. The molecule has 0 unspecified atom stereocenters. The number of anilines is 1. The highest BCUT2D eigenvalue weighted by Gasteiger charge is 2.22. The number of hydrogen-bond acceptors (Lipinski definition) is 5. The van der Waals surface area contributed by atoms with Crippen molar-refractivity contribution < 1.29 is 14.3 Å². The number of aromatic nitrogens is 1. The molecule has 1 saturated heterocycles. The van der Waals surface area contributed by atoms with Crippen LogP contribution in [0.1, 0.15) is 10.4 Å². The van der Waals surface area contributed by atoms with E-state index in [0.717, 1.165) is 24.3 Å². The van der Waals surface area contributed by atoms with Gasteiger partial charge in [-0.1, -0.05) is 0 Å². The van der Waals surface area contributed by atoms with Gasteiger partial charge in [0, 0.05) is 37.4 Å². The summed E-state index contributed by atoms with van der Waals surface area (Å²) in [6.45, 7) is 2.80. The number of fused-ring (bicyclic) bond motifs is 1. The Labute approximate surface area is 149 Å². The molecular formula is C18H17N3O3S. The maximum atomic E-state index is 12.7. The number of phenols is 1. The number of phenolic OH excluding ortho intramolecular Hbond substituents is 1. The van der Waals surface area contributed by atoms with Crippen LogP contribution in [0, 0.1) is 4.84 Å². The summed E-state index contributed by atoms with van der Waals surface area (Å²) in [6.07, 6.45) is 0. The molecule has 0 spiro atoms. The molecule has 6 nitrogen and oxygen atoms in total. The van der Waals surface area contributed by atoms with Crippen LogP contribution in [-0.2, 0) is 0 Å². The first-order valence-corrected chi connectivity index (χ1v) is 8.47. The molecule has 3 aromatic rings. The number of rotatable bonds is 2. The van der Waals surface area contributed by atoms with E-state index in [0.29, 0.717) is 29.1 Å². The highest BCUT2D eigenvalue weighted by Crippen LogP contribution is 2.21. The van der Waals surface area contributed by atoms with Crippen LogP contribution < -0.4 is 4.90 Å². The Morgan fingerprint density at radius 1 is 1.08 bits per heavy atom. The van der Waals surface area contributed by atoms with Crippen LogP contribution in [0.4, 0.5) is 5.69 Å². The normalized spacial score (nSPS) is 14.9. The number of carbonyl (C=O) groups excluding carboxylic acids is 1. The molecule has 7 heteroatoms. The Bertz CT molecular complexity index is 969. The first-order valence-electron chi connectivity index (χ1n) is 8.06. The minimum Gasteiger partial charge on any atom is -0.508 e. The van der Waals surface area contributed by atoms with E-state index < -0.39 is 0 Å². The van der Waals surface area contributed by atoms with Crippen LogP contribution in [0.2, 0.25) is 0 Å². The van der Waals surface area contributed by atoms with Gasteiger partial charge in [0.15, 0.2) is 5.58 Å². The molecular weight excluding hydrogens is 338 g/mol. The zero-order chi connectivity index (χ0) is 17.4. The standard InChI is InChI=1S/C18H17N3O3S/c22-14-4-2-13(3-5-14)20-7-9-21(10-8-20)17(23)12-1-6-15-16(11-12)24-18(25)19-15/h1-6,11,22H,7-10H2,(H,19,25). The lowest BCUT2D eigenvalue weighted by Crippen LogP contribution is -2.48. The van der Waals surface area contributed by atoms with Crippen LogP contribution in [0.5, 0.6) is 5.75 Å². The summed E-state index contributed by atoms with van der Waals surface area (Å²) in [5.74, 6) is 0.250. The molecule has 1 aliphatic rings. The number of amides is 1. The van der Waals surface area contributed by atoms with Crippen molar-refractivity contribution in [1.29, 1.82) is 0 Å². The van der Waals surface area contributed by atoms with Gasteiger partial charge in [0.2, 0.25) is 0 Å². The molecule has 0 aliphatic carbocycles. The van der Waals surface area contributed by atoms with Crippen molar-refractivity contribution in [1.82, 2.24) is 9.88 Å². The predicted molar refractivity (Wildman–Crippen MR) is 97.6 cm³/mol. The van der Waals surface area contributed by atoms with E-state index >= 15 is 0 Å². The number of carbonyl (C=O) groups is 1. The fourth-order valence-corrected chi connectivity index (χ4v) is 3.29. The molecule has 1 amide bonds. The third-order valence-electron chi connectivity index (χ3n) is 4.45. The molecule has 0 radical (unpaired) electrons. The maximum Gasteiger partial charge on any atom is 0.266 e. The first-order chi connectivity index (χ1) is 12.1. The summed E-state index contributed by atoms with van der Waals surface area (Å²) in [7, 11) is 0. The van der Waals surface area contributed by atoms with Gasteiger partial charge in [-0.3, -0.25) is 4.79 Å². The van der Waals surface area contributed by atoms with Crippen molar-refractivity contribution >= 4 is 34.9 Å². The second-order valence-electron chi connectivity index (χ2n) is 6.02. The summed E-state index contributed by atoms with van der Waals surface area (Å²) < 4.78 is 5.39. The third-order valence-corrected chi connectivity index (χ3v) is 4.64. The molecule has 0 bridgehead atoms. The van der Waals surface area contributed by atoms with Gasteiger partial charge in [0.1, 0.15) is 5.75 Å². The lowest BCUT2D eigenvalue weighted by Gasteiger charge is -2.36. The van der Waals surface area contributed by atoms with Gasteiger partial charge < -0.3 is 24.3 Å². The lowest BCUT2D eigenvalue weighted by molar-refractivity contribution is 0.0747. The number of aromatic amines is 1. The lowest BCUT2D eigenvalue weighted by atomic mass is 10.1. The number of oxazole rings is 1. The molecule has 1 aliphatic heterocycles. The van der Waals surface area contributed by atoms with Crippen LogP contribution in [0.25, 0.3) is 11.1 Å². The third kappa shape index (κ3) is 3.10. The summed E-state index contributed by atoms with van der Waals surface area (Å²) in [5.41, 5.74) is 3.04. The number of hydrogen-bond donors (Lipinski definition) is 2. The average Bonchev–Trinajstić information content (AvgIpc) is 3.01. The number of piperazine rings is 1. The molecule has 0 atom stereocenters. The number of benzene rings is 2. The summed E-state index contributed by atoms with van der Waals surface area (Å²) >= 11 is 4.98. The Kier molecular flexibility index (Phi) is 3.93. The summed E-state index contributed by atoms with van der Waals surface area (Å²) in [4.78, 5) is 20.0. The number of H-pyrrole nitrogens is 1. The van der Waals surface area contributed by atoms with Crippen LogP contribution in [0.3, 0.4) is 0 Å². The highest BCUT2D eigenvalue weighted by atomic mass is 32.1. The van der Waals surface area contributed by atoms with E-state index in [2.05, 4.69) is 9.88 Å². The van der Waals surface area contributed by atoms with Crippen LogP contribution >= 0.6 is 12.2 Å². The summed E-state index contributed by atoms with van der Waals surface area (Å²) in [6, 6.07) is 12.5. The Hall–Kier alpha value is -2.80. The minimum absolute atomic E-state index is 0.00502. The topological polar surface area (TPSA) is 72.7 Å². The van der Waals surface area contributed by atoms with Gasteiger partial charge in [0.25, 0.3) is 10.7 Å². The molecule has 2 N–H and O–H groups in total. The van der Waals surface area contributed by atoms with Gasteiger partial charge in [-0.2, -0.15) is 0 Å². The van der Waals surface area contributed by atoms with Crippen molar-refractivity contribution in [2.24, 2.45) is 0 Å². The second kappa shape index (κ2) is 6.25. The smallest absolute Gasteiger partial charge is 0.266 e. The molecule has 1 fully saturated rings. The zero-order valence-electron chi connectivity index (χ0n) is 13.4. The van der Waals surface area contributed by atoms with Crippen molar-refractivity contribution in [3.8, 4) is 5.75 Å². The van der Waals surface area contributed by atoms with E-state index in [-0.39, 0.29) is 11.7 Å². The minimum atomic E-state index is -0.00502. The Morgan fingerprint density at radius 2 is 1.80 bits per heavy atom. The van der Waals surface area contributed by atoms with Crippen molar-refractivity contribution in [2.45, 2.75) is 0 Å². The largest absolute Gasteiger partial charge is 0.508 e. The molecule has 2 aromatic carbocycles. The van der Waals surface area contributed by atoms with E-state index in [1.165, 1.54) is 0 Å². The van der Waals surface area contributed by atoms with Crippen molar-refractivity contribution in [3.05, 3.63) is 52.9 Å². The van der Waals surface area contributed by atoms with E-state index in [9.17, 15) is 9.90 Å². The quantitative estimate of drug-likeness (QED) is 0.691. The fraction of sp³-hybridized carbons (Fsp3) is 0.222. The predicted octanol–water partition coefficient (Wildman–Crippen LogP) is 3.16. The van der Waals surface area contributed by atoms with Crippen molar-refractivity contribution in [2.75, 3.05) is 31.1 Å². The van der Waals surface area contributed by atoms with E-state index in [1.807, 2.05) is 23.1 Å². The van der Waals surface area contributed by atoms with Gasteiger partial charge >= 0.3 is 0 Å². The molecule has 1 aromatic heterocycles. The SMILES string of the molecule is O=C(c1ccc2[nH]c(=S)oc2c1)N1CCN(c2ccc(O)cc2)CC1. The fourth-order valence-electron chi connectivity index (χ4n) is 3.09. The second-order valence-corrected chi connectivity index (χ2v) is 6.39. The number of aromatic hydroxyl groups is 1. The Balaban J connectivity index is 1.46. The van der Waals surface area contributed by atoms with Gasteiger partial charge in [-0.15, -0.1) is 0 Å². The first kappa shape index (κ1) is 15.7. The van der Waals surface area contributed by atoms with Crippen LogP contribution in [-0.4, -0.2) is 47.1 Å². The maximum absolute atomic E-state index is 12.7. The van der Waals surface area contributed by atoms with Crippen molar-refractivity contribution in [3.63, 3.8) is 0 Å². The van der Waals surface area contributed by atoms with Gasteiger partial charge in [-0.05, 0) is 54.7 Å². The van der Waals surface area contributed by atoms with Gasteiger partial charge in [-0.25, -0.2) is 0 Å². The molecule has 4 rings (SSSR count). The number of nitrogens with zero attached hydrogens (tertiary/aromatic N) is 2. The van der Waals surface area contributed by atoms with E-state index in [4.69, 9.17) is 16.6 Å². The monoisotopic (exact) mass is 355 g/mol. The Morgan fingerprint density at radius 3 is 2.52 bits per heavy atom. The molecule has 25 heavy (non-hydrogen) atoms. The van der Waals surface area contributed by atoms with Gasteiger partial charge in [0.05, 0.1) is 5.52 Å². The van der Waals surface area contributed by atoms with Crippen LogP contribution in [0.15, 0.2) is 46.9 Å². The van der Waals surface area contributed by atoms with E-state index in [1.54, 1.807) is 24.3 Å². The highest BCUT2D eigenvalue weighted by molar-refractivity contribution is 7.71. The molecule has 2 heterocycles. The molecule has 128 valence electrons. The summed E-state index contributed by atoms with van der Waals surface area (Å²) in [5, 5.41) is 9.38. The zero-order valence-corrected chi connectivity index (χ0v) is 14.3.